The van der Waals surface area contributed by atoms with E-state index in [-0.39, 0.29) is 5.97 Å². The molecular weight excluding hydrogens is 352 g/mol. The van der Waals surface area contributed by atoms with Gasteiger partial charge in [-0.05, 0) is 43.0 Å². The molecule has 1 aromatic heterocycles. The third-order valence-corrected chi connectivity index (χ3v) is 4.78. The SMILES string of the molecule is CCCCCCOc1ccc(-c2ncc(OC(=O)CCC(C)CC)cn2)cc1. The average Bonchev–Trinajstić information content (AvgIpc) is 2.73. The van der Waals surface area contributed by atoms with E-state index in [1.54, 1.807) is 12.4 Å². The van der Waals surface area contributed by atoms with Gasteiger partial charge in [-0.15, -0.1) is 0 Å². The van der Waals surface area contributed by atoms with Crippen molar-refractivity contribution in [3.05, 3.63) is 36.7 Å². The highest BCUT2D eigenvalue weighted by atomic mass is 16.5. The summed E-state index contributed by atoms with van der Waals surface area (Å²) in [5.74, 6) is 2.11. The Bertz CT molecular complexity index is 699. The fourth-order valence-electron chi connectivity index (χ4n) is 2.69. The first kappa shape index (κ1) is 21.9. The van der Waals surface area contributed by atoms with E-state index in [4.69, 9.17) is 9.47 Å². The van der Waals surface area contributed by atoms with Crippen LogP contribution in [0.4, 0.5) is 0 Å². The second kappa shape index (κ2) is 12.1. The molecule has 1 atom stereocenters. The third-order valence-electron chi connectivity index (χ3n) is 4.78. The molecule has 2 rings (SSSR count). The lowest BCUT2D eigenvalue weighted by Gasteiger charge is -2.08. The highest BCUT2D eigenvalue weighted by Gasteiger charge is 2.09. The summed E-state index contributed by atoms with van der Waals surface area (Å²) in [6.07, 6.45) is 10.2. The molecule has 0 aliphatic heterocycles. The van der Waals surface area contributed by atoms with Gasteiger partial charge >= 0.3 is 5.97 Å². The molecule has 0 bridgehead atoms. The van der Waals surface area contributed by atoms with Crippen LogP contribution >= 0.6 is 0 Å². The smallest absolute Gasteiger partial charge is 0.311 e. The van der Waals surface area contributed by atoms with E-state index in [1.165, 1.54) is 19.3 Å². The number of esters is 1. The number of unbranched alkanes of at least 4 members (excludes halogenated alkanes) is 3. The van der Waals surface area contributed by atoms with E-state index in [1.807, 2.05) is 24.3 Å². The maximum atomic E-state index is 11.9. The summed E-state index contributed by atoms with van der Waals surface area (Å²) in [5.41, 5.74) is 0.896. The molecule has 5 heteroatoms. The minimum atomic E-state index is -0.239. The van der Waals surface area contributed by atoms with Crippen LogP contribution in [0.2, 0.25) is 0 Å². The Hall–Kier alpha value is -2.43. The van der Waals surface area contributed by atoms with Gasteiger partial charge in [-0.3, -0.25) is 4.79 Å². The van der Waals surface area contributed by atoms with Crippen LogP contribution in [-0.2, 0) is 4.79 Å². The van der Waals surface area contributed by atoms with Gasteiger partial charge in [-0.25, -0.2) is 9.97 Å². The summed E-state index contributed by atoms with van der Waals surface area (Å²) >= 11 is 0. The van der Waals surface area contributed by atoms with E-state index in [9.17, 15) is 4.79 Å². The van der Waals surface area contributed by atoms with Crippen molar-refractivity contribution in [2.45, 2.75) is 65.7 Å². The van der Waals surface area contributed by atoms with Crippen molar-refractivity contribution in [3.8, 4) is 22.9 Å². The molecule has 0 aliphatic carbocycles. The van der Waals surface area contributed by atoms with Gasteiger partial charge in [0.2, 0.25) is 0 Å². The number of aromatic nitrogens is 2. The quantitative estimate of drug-likeness (QED) is 0.340. The van der Waals surface area contributed by atoms with Crippen molar-refractivity contribution in [2.75, 3.05) is 6.61 Å². The molecule has 0 saturated heterocycles. The van der Waals surface area contributed by atoms with E-state index in [0.717, 1.165) is 37.2 Å². The molecule has 0 fully saturated rings. The number of carbonyl (C=O) groups is 1. The Labute approximate surface area is 168 Å². The van der Waals surface area contributed by atoms with Gasteiger partial charge in [0.15, 0.2) is 11.6 Å². The van der Waals surface area contributed by atoms with Gasteiger partial charge in [0.25, 0.3) is 0 Å². The summed E-state index contributed by atoms with van der Waals surface area (Å²) in [4.78, 5) is 20.5. The van der Waals surface area contributed by atoms with Crippen LogP contribution in [0.3, 0.4) is 0 Å². The Morgan fingerprint density at radius 3 is 2.36 bits per heavy atom. The van der Waals surface area contributed by atoms with Crippen molar-refractivity contribution < 1.29 is 14.3 Å². The first-order chi connectivity index (χ1) is 13.6. The van der Waals surface area contributed by atoms with Gasteiger partial charge in [-0.1, -0.05) is 46.5 Å². The fourth-order valence-corrected chi connectivity index (χ4v) is 2.69. The normalized spacial score (nSPS) is 11.8. The fraction of sp³-hybridized carbons (Fsp3) is 0.522. The number of nitrogens with zero attached hydrogens (tertiary/aromatic N) is 2. The molecule has 0 radical (unpaired) electrons. The lowest BCUT2D eigenvalue weighted by atomic mass is 10.0. The molecule has 0 N–H and O–H groups in total. The summed E-state index contributed by atoms with van der Waals surface area (Å²) in [6.45, 7) is 7.20. The largest absolute Gasteiger partial charge is 0.494 e. The minimum absolute atomic E-state index is 0.239. The summed E-state index contributed by atoms with van der Waals surface area (Å²) in [5, 5.41) is 0. The lowest BCUT2D eigenvalue weighted by Crippen LogP contribution is -2.10. The Morgan fingerprint density at radius 1 is 1.00 bits per heavy atom. The zero-order valence-electron chi connectivity index (χ0n) is 17.3. The molecule has 1 aromatic carbocycles. The number of hydrogen-bond donors (Lipinski definition) is 0. The van der Waals surface area contributed by atoms with E-state index in [0.29, 0.717) is 23.9 Å². The second-order valence-corrected chi connectivity index (χ2v) is 7.20. The molecule has 28 heavy (non-hydrogen) atoms. The first-order valence-electron chi connectivity index (χ1n) is 10.4. The predicted octanol–water partition coefficient (Wildman–Crippen LogP) is 5.83. The molecule has 0 spiro atoms. The van der Waals surface area contributed by atoms with E-state index < -0.39 is 0 Å². The van der Waals surface area contributed by atoms with Crippen molar-refractivity contribution >= 4 is 5.97 Å². The summed E-state index contributed by atoms with van der Waals surface area (Å²) in [6, 6.07) is 7.74. The highest BCUT2D eigenvalue weighted by molar-refractivity contribution is 5.72. The monoisotopic (exact) mass is 384 g/mol. The molecular formula is C23H32N2O3. The van der Waals surface area contributed by atoms with Gasteiger partial charge < -0.3 is 9.47 Å². The molecule has 0 saturated carbocycles. The molecule has 2 aromatic rings. The maximum Gasteiger partial charge on any atom is 0.311 e. The van der Waals surface area contributed by atoms with E-state index >= 15 is 0 Å². The number of benzene rings is 1. The summed E-state index contributed by atoms with van der Waals surface area (Å²) in [7, 11) is 0. The molecule has 5 nitrogen and oxygen atoms in total. The molecule has 152 valence electrons. The zero-order valence-corrected chi connectivity index (χ0v) is 17.3. The van der Waals surface area contributed by atoms with Crippen LogP contribution in [-0.4, -0.2) is 22.5 Å². The Balaban J connectivity index is 1.83. The highest BCUT2D eigenvalue weighted by Crippen LogP contribution is 2.21. The summed E-state index contributed by atoms with van der Waals surface area (Å²) < 4.78 is 11.1. The third kappa shape index (κ3) is 7.67. The van der Waals surface area contributed by atoms with Crippen molar-refractivity contribution in [2.24, 2.45) is 5.92 Å². The van der Waals surface area contributed by atoms with Crippen molar-refractivity contribution in [1.82, 2.24) is 9.97 Å². The van der Waals surface area contributed by atoms with Crippen LogP contribution in [0, 0.1) is 5.92 Å². The Kier molecular flexibility index (Phi) is 9.46. The predicted molar refractivity (Wildman–Crippen MR) is 111 cm³/mol. The first-order valence-corrected chi connectivity index (χ1v) is 10.4. The van der Waals surface area contributed by atoms with Crippen molar-refractivity contribution in [1.29, 1.82) is 0 Å². The van der Waals surface area contributed by atoms with Crippen LogP contribution in [0.25, 0.3) is 11.4 Å². The topological polar surface area (TPSA) is 61.3 Å². The molecule has 1 heterocycles. The minimum Gasteiger partial charge on any atom is -0.494 e. The van der Waals surface area contributed by atoms with Crippen LogP contribution < -0.4 is 9.47 Å². The zero-order chi connectivity index (χ0) is 20.2. The molecule has 0 amide bonds. The number of carbonyl (C=O) groups excluding carboxylic acids is 1. The second-order valence-electron chi connectivity index (χ2n) is 7.20. The van der Waals surface area contributed by atoms with Gasteiger partial charge in [-0.2, -0.15) is 0 Å². The average molecular weight is 385 g/mol. The number of hydrogen-bond acceptors (Lipinski definition) is 5. The Morgan fingerprint density at radius 2 is 1.71 bits per heavy atom. The molecule has 1 unspecified atom stereocenters. The molecule has 0 aliphatic rings. The lowest BCUT2D eigenvalue weighted by molar-refractivity contribution is -0.134. The van der Waals surface area contributed by atoms with E-state index in [2.05, 4.69) is 30.7 Å². The van der Waals surface area contributed by atoms with Crippen LogP contribution in [0.1, 0.15) is 65.7 Å². The van der Waals surface area contributed by atoms with Gasteiger partial charge in [0, 0.05) is 12.0 Å². The van der Waals surface area contributed by atoms with Crippen LogP contribution in [0.15, 0.2) is 36.7 Å². The van der Waals surface area contributed by atoms with Gasteiger partial charge in [0.05, 0.1) is 19.0 Å². The number of ether oxygens (including phenoxy) is 2. The van der Waals surface area contributed by atoms with Crippen molar-refractivity contribution in [3.63, 3.8) is 0 Å². The van der Waals surface area contributed by atoms with Gasteiger partial charge in [0.1, 0.15) is 5.75 Å². The van der Waals surface area contributed by atoms with Crippen LogP contribution in [0.5, 0.6) is 11.5 Å². The number of rotatable bonds is 12. The maximum absolute atomic E-state index is 11.9. The standard InChI is InChI=1S/C23H32N2O3/c1-4-6-7-8-15-27-20-12-10-19(11-13-20)23-24-16-21(17-25-23)28-22(26)14-9-18(3)5-2/h10-13,16-18H,4-9,14-15H2,1-3H3.